The van der Waals surface area contributed by atoms with E-state index in [4.69, 9.17) is 31.0 Å². The Morgan fingerprint density at radius 1 is 1.28 bits per heavy atom. The zero-order valence-electron chi connectivity index (χ0n) is 24.1. The largest absolute Gasteiger partial charge is 0.444 e. The number of halogens is 1. The quantitative estimate of drug-likeness (QED) is 0.208. The van der Waals surface area contributed by atoms with Crippen LogP contribution in [0.5, 0.6) is 0 Å². The average molecular weight is 594 g/mol. The lowest BCUT2D eigenvalue weighted by Crippen LogP contribution is -2.39. The molecule has 10 nitrogen and oxygen atoms in total. The Bertz CT molecular complexity index is 1320. The van der Waals surface area contributed by atoms with Crippen LogP contribution in [0.1, 0.15) is 39.8 Å². The first kappa shape index (κ1) is 29.6. The Balaban J connectivity index is 1.60. The summed E-state index contributed by atoms with van der Waals surface area (Å²) < 4.78 is 17.9. The summed E-state index contributed by atoms with van der Waals surface area (Å²) in [5.41, 5.74) is 1.04. The van der Waals surface area contributed by atoms with Crippen molar-refractivity contribution in [2.75, 3.05) is 23.8 Å². The van der Waals surface area contributed by atoms with E-state index in [1.165, 1.54) is 11.5 Å². The third kappa shape index (κ3) is 7.83. The predicted octanol–water partition coefficient (Wildman–Crippen LogP) is 6.72. The molecule has 0 unspecified atom stereocenters. The Morgan fingerprint density at radius 3 is 2.67 bits per heavy atom. The topological polar surface area (TPSA) is 106 Å². The highest BCUT2D eigenvalue weighted by Crippen LogP contribution is 2.34. The number of fused-ring (bicyclic) bond motifs is 1. The molecule has 1 amide bonds. The fourth-order valence-corrected chi connectivity index (χ4v) is 6.08. The van der Waals surface area contributed by atoms with Gasteiger partial charge in [0.1, 0.15) is 23.2 Å². The molecule has 0 spiro atoms. The van der Waals surface area contributed by atoms with Crippen LogP contribution in [0.25, 0.3) is 11.0 Å². The van der Waals surface area contributed by atoms with Crippen molar-refractivity contribution < 1.29 is 14.3 Å². The first-order valence-electron chi connectivity index (χ1n) is 13.3. The molecule has 4 heterocycles. The molecular formula is C26H40ClN7O3SSi. The Morgan fingerprint density at radius 2 is 2.03 bits per heavy atom. The molecule has 1 aliphatic rings. The van der Waals surface area contributed by atoms with E-state index in [9.17, 15) is 4.79 Å². The van der Waals surface area contributed by atoms with Crippen LogP contribution in [0.15, 0.2) is 12.3 Å². The van der Waals surface area contributed by atoms with Crippen LogP contribution in [0.2, 0.25) is 30.7 Å². The molecule has 13 heteroatoms. The maximum absolute atomic E-state index is 12.8. The molecule has 0 saturated carbocycles. The molecule has 39 heavy (non-hydrogen) atoms. The number of aromatic nitrogens is 4. The van der Waals surface area contributed by atoms with E-state index in [1.54, 1.807) is 4.90 Å². The van der Waals surface area contributed by atoms with Gasteiger partial charge in [-0.15, -0.1) is 0 Å². The highest BCUT2D eigenvalue weighted by atomic mass is 35.5. The minimum Gasteiger partial charge on any atom is -0.444 e. The number of nitrogens with zero attached hydrogens (tertiary/aromatic N) is 5. The third-order valence-corrected chi connectivity index (χ3v) is 9.09. The SMILES string of the molecule is Cc1cc(Nc2nc(N[C@@H]3C[C@H](C)N(C(=O)OC(C)(C)C)C3)c3c(Cl)cn(COCC[Si](C)(C)C)c3n2)sn1. The molecule has 0 aliphatic carbocycles. The molecule has 2 N–H and O–H groups in total. The first-order chi connectivity index (χ1) is 18.2. The first-order valence-corrected chi connectivity index (χ1v) is 18.1. The number of nitrogens with one attached hydrogen (secondary N) is 2. The van der Waals surface area contributed by atoms with Crippen LogP contribution < -0.4 is 10.6 Å². The minimum absolute atomic E-state index is 0.0206. The molecule has 0 radical (unpaired) electrons. The van der Waals surface area contributed by atoms with Crippen LogP contribution in [-0.2, 0) is 16.2 Å². The minimum atomic E-state index is -1.20. The van der Waals surface area contributed by atoms with Gasteiger partial charge in [0.05, 0.1) is 16.1 Å². The summed E-state index contributed by atoms with van der Waals surface area (Å²) in [5.74, 6) is 1.04. The lowest BCUT2D eigenvalue weighted by molar-refractivity contribution is 0.0238. The Labute approximate surface area is 240 Å². The second kappa shape index (κ2) is 11.6. The molecule has 4 rings (SSSR count). The maximum Gasteiger partial charge on any atom is 0.410 e. The summed E-state index contributed by atoms with van der Waals surface area (Å²) in [5, 5.41) is 8.94. The van der Waals surface area contributed by atoms with Crippen molar-refractivity contribution in [1.82, 2.24) is 23.8 Å². The monoisotopic (exact) mass is 593 g/mol. The molecule has 1 saturated heterocycles. The Kier molecular flexibility index (Phi) is 8.79. The van der Waals surface area contributed by atoms with Crippen molar-refractivity contribution in [3.63, 3.8) is 0 Å². The zero-order chi connectivity index (χ0) is 28.5. The standard InChI is InChI=1S/C26H40ClN7O3SSi/c1-16-11-20(38-32-16)29-24-30-22(28-18-12-17(2)34(13-18)25(35)37-26(3,4)5)21-19(27)14-33(23(21)31-24)15-36-9-10-39(6,7)8/h11,14,17-18H,9-10,12-13,15H2,1-8H3,(H2,28,29,30,31)/t17-,18+/m0/s1. The number of carbonyl (C=O) groups excluding carboxylic acids is 1. The average Bonchev–Trinajstić information content (AvgIpc) is 3.46. The van der Waals surface area contributed by atoms with Gasteiger partial charge >= 0.3 is 6.09 Å². The van der Waals surface area contributed by atoms with Crippen LogP contribution in [-0.4, -0.2) is 68.8 Å². The van der Waals surface area contributed by atoms with Gasteiger partial charge in [0.15, 0.2) is 5.65 Å². The molecule has 0 bridgehead atoms. The number of aryl methyl sites for hydroxylation is 1. The van der Waals surface area contributed by atoms with Crippen LogP contribution in [0.3, 0.4) is 0 Å². The van der Waals surface area contributed by atoms with Gasteiger partial charge in [-0.05, 0) is 64.7 Å². The summed E-state index contributed by atoms with van der Waals surface area (Å²) in [6.45, 7) is 18.1. The van der Waals surface area contributed by atoms with E-state index in [2.05, 4.69) is 34.6 Å². The lowest BCUT2D eigenvalue weighted by Gasteiger charge is -2.27. The fraction of sp³-hybridized carbons (Fsp3) is 0.615. The molecule has 0 aromatic carbocycles. The van der Waals surface area contributed by atoms with Gasteiger partial charge in [-0.1, -0.05) is 31.2 Å². The highest BCUT2D eigenvalue weighted by Gasteiger charge is 2.35. The second-order valence-electron chi connectivity index (χ2n) is 12.4. The van der Waals surface area contributed by atoms with E-state index in [1.807, 2.05) is 51.4 Å². The number of ether oxygens (including phenoxy) is 2. The summed E-state index contributed by atoms with van der Waals surface area (Å²) in [7, 11) is -1.20. The number of carbonyl (C=O) groups is 1. The van der Waals surface area contributed by atoms with E-state index in [0.29, 0.717) is 42.3 Å². The van der Waals surface area contributed by atoms with Gasteiger partial charge < -0.3 is 29.6 Å². The van der Waals surface area contributed by atoms with Gasteiger partial charge in [0, 0.05) is 39.5 Å². The highest BCUT2D eigenvalue weighted by molar-refractivity contribution is 7.10. The van der Waals surface area contributed by atoms with E-state index in [0.717, 1.165) is 28.5 Å². The number of anilines is 3. The van der Waals surface area contributed by atoms with E-state index in [-0.39, 0.29) is 18.2 Å². The molecule has 214 valence electrons. The second-order valence-corrected chi connectivity index (χ2v) is 19.2. The van der Waals surface area contributed by atoms with E-state index < -0.39 is 13.7 Å². The fourth-order valence-electron chi connectivity index (χ4n) is 4.38. The molecule has 1 fully saturated rings. The zero-order valence-corrected chi connectivity index (χ0v) is 26.7. The third-order valence-electron chi connectivity index (χ3n) is 6.30. The summed E-state index contributed by atoms with van der Waals surface area (Å²) in [6, 6.07) is 3.02. The van der Waals surface area contributed by atoms with Gasteiger partial charge in [-0.3, -0.25) is 0 Å². The van der Waals surface area contributed by atoms with Gasteiger partial charge in [-0.25, -0.2) is 4.79 Å². The van der Waals surface area contributed by atoms with Crippen LogP contribution >= 0.6 is 23.1 Å². The van der Waals surface area contributed by atoms with Crippen molar-refractivity contribution >= 4 is 65.1 Å². The smallest absolute Gasteiger partial charge is 0.410 e. The maximum atomic E-state index is 12.8. The number of hydrogen-bond donors (Lipinski definition) is 2. The normalized spacial score (nSPS) is 18.1. The van der Waals surface area contributed by atoms with Crippen molar-refractivity contribution in [3.8, 4) is 0 Å². The number of likely N-dealkylation sites (tertiary alicyclic amines) is 1. The molecule has 3 aromatic rings. The summed E-state index contributed by atoms with van der Waals surface area (Å²) in [4.78, 5) is 24.2. The molecule has 3 aromatic heterocycles. The lowest BCUT2D eigenvalue weighted by atomic mass is 10.2. The van der Waals surface area contributed by atoms with Crippen LogP contribution in [0.4, 0.5) is 21.6 Å². The molecular weight excluding hydrogens is 554 g/mol. The Hall–Kier alpha value is -2.41. The van der Waals surface area contributed by atoms with Crippen molar-refractivity contribution in [1.29, 1.82) is 0 Å². The number of hydrogen-bond acceptors (Lipinski definition) is 9. The van der Waals surface area contributed by atoms with Gasteiger partial charge in [0.25, 0.3) is 0 Å². The van der Waals surface area contributed by atoms with Gasteiger partial charge in [0.2, 0.25) is 5.95 Å². The summed E-state index contributed by atoms with van der Waals surface area (Å²) in [6.07, 6.45) is 2.28. The van der Waals surface area contributed by atoms with Gasteiger partial charge in [-0.2, -0.15) is 14.3 Å². The van der Waals surface area contributed by atoms with Crippen molar-refractivity contribution in [3.05, 3.63) is 23.0 Å². The summed E-state index contributed by atoms with van der Waals surface area (Å²) >= 11 is 8.10. The number of amides is 1. The predicted molar refractivity (Wildman–Crippen MR) is 161 cm³/mol. The molecule has 2 atom stereocenters. The van der Waals surface area contributed by atoms with E-state index >= 15 is 0 Å². The molecule has 1 aliphatic heterocycles. The van der Waals surface area contributed by atoms with Crippen molar-refractivity contribution in [2.45, 2.75) is 91.1 Å². The van der Waals surface area contributed by atoms with Crippen LogP contribution in [0, 0.1) is 6.92 Å². The van der Waals surface area contributed by atoms with Crippen molar-refractivity contribution in [2.24, 2.45) is 0 Å². The number of rotatable bonds is 9.